The summed E-state index contributed by atoms with van der Waals surface area (Å²) in [5.41, 5.74) is -0.352. The summed E-state index contributed by atoms with van der Waals surface area (Å²) in [4.78, 5) is 23.8. The Kier molecular flexibility index (Phi) is 4.51. The van der Waals surface area contributed by atoms with E-state index in [1.807, 2.05) is 13.8 Å². The molecule has 2 rings (SSSR count). The SMILES string of the molecule is COCc1c(F)cccc1NC(=O)[C@]1(C(C)C)C[C@@H]1C(=O)O. The lowest BCUT2D eigenvalue weighted by Gasteiger charge is -2.21. The van der Waals surface area contributed by atoms with Gasteiger partial charge in [0.05, 0.1) is 17.9 Å². The van der Waals surface area contributed by atoms with Crippen molar-refractivity contribution in [2.45, 2.75) is 26.9 Å². The molecule has 0 aromatic heterocycles. The Morgan fingerprint density at radius 2 is 2.18 bits per heavy atom. The third kappa shape index (κ3) is 2.70. The van der Waals surface area contributed by atoms with E-state index in [9.17, 15) is 19.1 Å². The van der Waals surface area contributed by atoms with E-state index in [1.165, 1.54) is 19.2 Å². The van der Waals surface area contributed by atoms with Crippen molar-refractivity contribution in [2.75, 3.05) is 12.4 Å². The van der Waals surface area contributed by atoms with E-state index >= 15 is 0 Å². The molecule has 1 amide bonds. The summed E-state index contributed by atoms with van der Waals surface area (Å²) < 4.78 is 18.8. The van der Waals surface area contributed by atoms with Gasteiger partial charge in [0.15, 0.2) is 0 Å². The number of anilines is 1. The Morgan fingerprint density at radius 3 is 2.68 bits per heavy atom. The van der Waals surface area contributed by atoms with Crippen molar-refractivity contribution in [2.24, 2.45) is 17.3 Å². The van der Waals surface area contributed by atoms with Crippen LogP contribution in [0, 0.1) is 23.1 Å². The van der Waals surface area contributed by atoms with Crippen molar-refractivity contribution >= 4 is 17.6 Å². The molecular weight excluding hydrogens is 289 g/mol. The Hall–Kier alpha value is -1.95. The number of methoxy groups -OCH3 is 1. The van der Waals surface area contributed by atoms with Crippen LogP contribution < -0.4 is 5.32 Å². The number of hydrogen-bond donors (Lipinski definition) is 2. The molecular formula is C16H20FNO4. The average Bonchev–Trinajstić information content (AvgIpc) is 3.20. The fourth-order valence-electron chi connectivity index (χ4n) is 2.94. The first kappa shape index (κ1) is 16.4. The minimum Gasteiger partial charge on any atom is -0.481 e. The molecule has 0 heterocycles. The zero-order valence-electron chi connectivity index (χ0n) is 12.9. The van der Waals surface area contributed by atoms with Gasteiger partial charge in [0, 0.05) is 18.4 Å². The van der Waals surface area contributed by atoms with Gasteiger partial charge in [-0.25, -0.2) is 4.39 Å². The molecule has 22 heavy (non-hydrogen) atoms. The second-order valence-corrected chi connectivity index (χ2v) is 5.94. The third-order valence-electron chi connectivity index (χ3n) is 4.41. The number of ether oxygens (including phenoxy) is 1. The van der Waals surface area contributed by atoms with Gasteiger partial charge < -0.3 is 15.2 Å². The molecule has 5 nitrogen and oxygen atoms in total. The number of rotatable bonds is 6. The molecule has 0 unspecified atom stereocenters. The smallest absolute Gasteiger partial charge is 0.307 e. The van der Waals surface area contributed by atoms with Crippen LogP contribution in [0.4, 0.5) is 10.1 Å². The van der Waals surface area contributed by atoms with Gasteiger partial charge >= 0.3 is 5.97 Å². The van der Waals surface area contributed by atoms with E-state index in [-0.39, 0.29) is 24.0 Å². The third-order valence-corrected chi connectivity index (χ3v) is 4.41. The predicted molar refractivity (Wildman–Crippen MR) is 78.8 cm³/mol. The van der Waals surface area contributed by atoms with Crippen LogP contribution in [-0.4, -0.2) is 24.1 Å². The number of benzene rings is 1. The van der Waals surface area contributed by atoms with E-state index in [0.717, 1.165) is 0 Å². The molecule has 2 atom stereocenters. The molecule has 1 aliphatic carbocycles. The number of carbonyl (C=O) groups is 2. The quantitative estimate of drug-likeness (QED) is 0.847. The average molecular weight is 309 g/mol. The second kappa shape index (κ2) is 6.04. The zero-order chi connectivity index (χ0) is 16.5. The minimum atomic E-state index is -0.972. The van der Waals surface area contributed by atoms with Crippen LogP contribution in [0.15, 0.2) is 18.2 Å². The van der Waals surface area contributed by atoms with Crippen LogP contribution in [0.3, 0.4) is 0 Å². The van der Waals surface area contributed by atoms with Gasteiger partial charge in [-0.2, -0.15) is 0 Å². The first-order valence-electron chi connectivity index (χ1n) is 7.15. The summed E-state index contributed by atoms with van der Waals surface area (Å²) in [7, 11) is 1.44. The van der Waals surface area contributed by atoms with E-state index in [1.54, 1.807) is 6.07 Å². The van der Waals surface area contributed by atoms with Gasteiger partial charge in [0.1, 0.15) is 5.82 Å². The number of carboxylic acids is 1. The molecule has 1 aromatic rings. The molecule has 120 valence electrons. The number of hydrogen-bond acceptors (Lipinski definition) is 3. The van der Waals surface area contributed by atoms with Gasteiger partial charge in [-0.15, -0.1) is 0 Å². The maximum absolute atomic E-state index is 13.8. The van der Waals surface area contributed by atoms with Crippen molar-refractivity contribution in [3.05, 3.63) is 29.6 Å². The van der Waals surface area contributed by atoms with Crippen LogP contribution in [0.25, 0.3) is 0 Å². The molecule has 0 saturated heterocycles. The fourth-order valence-corrected chi connectivity index (χ4v) is 2.94. The van der Waals surface area contributed by atoms with Crippen molar-refractivity contribution < 1.29 is 23.8 Å². The second-order valence-electron chi connectivity index (χ2n) is 5.94. The maximum Gasteiger partial charge on any atom is 0.307 e. The zero-order valence-corrected chi connectivity index (χ0v) is 12.9. The topological polar surface area (TPSA) is 75.6 Å². The largest absolute Gasteiger partial charge is 0.481 e. The highest BCUT2D eigenvalue weighted by molar-refractivity contribution is 6.02. The van der Waals surface area contributed by atoms with Crippen molar-refractivity contribution in [3.63, 3.8) is 0 Å². The first-order valence-corrected chi connectivity index (χ1v) is 7.15. The van der Waals surface area contributed by atoms with Gasteiger partial charge in [-0.05, 0) is 24.5 Å². The Bertz CT molecular complexity index is 602. The molecule has 0 spiro atoms. The van der Waals surface area contributed by atoms with Crippen LogP contribution in [-0.2, 0) is 20.9 Å². The summed E-state index contributed by atoms with van der Waals surface area (Å²) in [6.45, 7) is 3.67. The lowest BCUT2D eigenvalue weighted by atomic mass is 9.88. The summed E-state index contributed by atoms with van der Waals surface area (Å²) in [5, 5.41) is 11.9. The van der Waals surface area contributed by atoms with Gasteiger partial charge in [0.25, 0.3) is 0 Å². The summed E-state index contributed by atoms with van der Waals surface area (Å²) >= 11 is 0. The molecule has 0 aliphatic heterocycles. The molecule has 6 heteroatoms. The molecule has 0 radical (unpaired) electrons. The van der Waals surface area contributed by atoms with E-state index in [2.05, 4.69) is 5.32 Å². The highest BCUT2D eigenvalue weighted by Crippen LogP contribution is 2.58. The maximum atomic E-state index is 13.8. The Balaban J connectivity index is 2.26. The summed E-state index contributed by atoms with van der Waals surface area (Å²) in [5.74, 6) is -2.62. The Labute approximate surface area is 128 Å². The number of amides is 1. The van der Waals surface area contributed by atoms with Gasteiger partial charge in [-0.1, -0.05) is 19.9 Å². The number of nitrogens with one attached hydrogen (secondary N) is 1. The molecule has 0 bridgehead atoms. The molecule has 2 N–H and O–H groups in total. The minimum absolute atomic E-state index is 0.0271. The summed E-state index contributed by atoms with van der Waals surface area (Å²) in [6, 6.07) is 4.37. The fraction of sp³-hybridized carbons (Fsp3) is 0.500. The summed E-state index contributed by atoms with van der Waals surface area (Å²) in [6.07, 6.45) is 0.306. The molecule has 1 fully saturated rings. The monoisotopic (exact) mass is 309 g/mol. The standard InChI is InChI=1S/C16H20FNO4/c1-9(2)16(7-11(16)14(19)20)15(21)18-13-6-4-5-12(17)10(13)8-22-3/h4-6,9,11H,7-8H2,1-3H3,(H,18,21)(H,19,20)/t11-,16+/m1/s1. The van der Waals surface area contributed by atoms with Crippen LogP contribution in [0.5, 0.6) is 0 Å². The number of carbonyl (C=O) groups excluding carboxylic acids is 1. The lowest BCUT2D eigenvalue weighted by Crippen LogP contribution is -2.32. The highest BCUT2D eigenvalue weighted by atomic mass is 19.1. The van der Waals surface area contributed by atoms with Crippen LogP contribution in [0.1, 0.15) is 25.8 Å². The molecule has 1 saturated carbocycles. The van der Waals surface area contributed by atoms with Crippen molar-refractivity contribution in [3.8, 4) is 0 Å². The normalized spacial score (nSPS) is 23.4. The van der Waals surface area contributed by atoms with Gasteiger partial charge in [0.2, 0.25) is 5.91 Å². The van der Waals surface area contributed by atoms with E-state index < -0.39 is 23.1 Å². The predicted octanol–water partition coefficient (Wildman–Crippen LogP) is 2.66. The highest BCUT2D eigenvalue weighted by Gasteiger charge is 2.65. The number of carboxylic acid groups (broad SMARTS) is 1. The van der Waals surface area contributed by atoms with Crippen molar-refractivity contribution in [1.29, 1.82) is 0 Å². The number of halogens is 1. The van der Waals surface area contributed by atoms with Crippen LogP contribution in [0.2, 0.25) is 0 Å². The van der Waals surface area contributed by atoms with Crippen molar-refractivity contribution in [1.82, 2.24) is 0 Å². The van der Waals surface area contributed by atoms with Crippen LogP contribution >= 0.6 is 0 Å². The van der Waals surface area contributed by atoms with Gasteiger partial charge in [-0.3, -0.25) is 9.59 Å². The molecule has 1 aromatic carbocycles. The van der Waals surface area contributed by atoms with E-state index in [0.29, 0.717) is 12.1 Å². The number of aliphatic carboxylic acids is 1. The van der Waals surface area contributed by atoms with E-state index in [4.69, 9.17) is 4.74 Å². The lowest BCUT2D eigenvalue weighted by molar-refractivity contribution is -0.141. The molecule has 1 aliphatic rings. The Morgan fingerprint density at radius 1 is 1.50 bits per heavy atom. The first-order chi connectivity index (χ1) is 10.3.